The average molecular weight is 433 g/mol. The number of hydrogen-bond acceptors (Lipinski definition) is 4. The molecular formula is C24H16S4. The highest BCUT2D eigenvalue weighted by Crippen LogP contribution is 2.45. The van der Waals surface area contributed by atoms with Crippen LogP contribution in [0.15, 0.2) is 59.3 Å². The molecule has 2 aromatic carbocycles. The number of aryl methyl sites for hydroxylation is 2. The summed E-state index contributed by atoms with van der Waals surface area (Å²) in [6, 6.07) is 18.4. The van der Waals surface area contributed by atoms with E-state index in [-0.39, 0.29) is 0 Å². The van der Waals surface area contributed by atoms with E-state index in [0.29, 0.717) is 0 Å². The lowest BCUT2D eigenvalue weighted by molar-refractivity contribution is 1.56. The third-order valence-corrected chi connectivity index (χ3v) is 10.1. The van der Waals surface area contributed by atoms with Gasteiger partial charge in [-0.15, -0.1) is 45.3 Å². The van der Waals surface area contributed by atoms with E-state index in [9.17, 15) is 0 Å². The minimum Gasteiger partial charge on any atom is -0.143 e. The molecule has 0 bridgehead atoms. The third kappa shape index (κ3) is 2.45. The van der Waals surface area contributed by atoms with Gasteiger partial charge in [-0.1, -0.05) is 24.3 Å². The summed E-state index contributed by atoms with van der Waals surface area (Å²) in [5, 5.41) is 9.85. The van der Waals surface area contributed by atoms with Gasteiger partial charge in [0.2, 0.25) is 0 Å². The summed E-state index contributed by atoms with van der Waals surface area (Å²) in [7, 11) is 0. The van der Waals surface area contributed by atoms with Crippen LogP contribution in [-0.2, 0) is 0 Å². The number of hydrogen-bond donors (Lipinski definition) is 0. The Balaban J connectivity index is 1.61. The first-order chi connectivity index (χ1) is 13.7. The molecule has 136 valence electrons. The molecule has 0 atom stereocenters. The molecule has 0 amide bonds. The van der Waals surface area contributed by atoms with Crippen LogP contribution in [0.1, 0.15) is 11.1 Å². The molecule has 0 spiro atoms. The van der Waals surface area contributed by atoms with E-state index in [4.69, 9.17) is 0 Å². The van der Waals surface area contributed by atoms with Gasteiger partial charge in [-0.05, 0) is 70.8 Å². The highest BCUT2D eigenvalue weighted by Gasteiger charge is 2.14. The van der Waals surface area contributed by atoms with E-state index in [1.54, 1.807) is 0 Å². The second kappa shape index (κ2) is 6.26. The Morgan fingerprint density at radius 2 is 1.04 bits per heavy atom. The van der Waals surface area contributed by atoms with Crippen molar-refractivity contribution in [3.05, 3.63) is 70.4 Å². The summed E-state index contributed by atoms with van der Waals surface area (Å²) in [6.45, 7) is 4.41. The van der Waals surface area contributed by atoms with E-state index in [1.807, 2.05) is 45.3 Å². The standard InChI is InChI=1S/C24H16S4/c1-13-7-9-25-21(13)19-11-15-3-5-18-17(23(15)27-19)6-4-16-12-20(28-24(16)18)22-14(2)8-10-26-22/h3-12H,1-2H3. The van der Waals surface area contributed by atoms with Gasteiger partial charge in [-0.2, -0.15) is 0 Å². The van der Waals surface area contributed by atoms with Crippen molar-refractivity contribution in [1.82, 2.24) is 0 Å². The molecule has 4 heterocycles. The minimum atomic E-state index is 1.35. The van der Waals surface area contributed by atoms with Gasteiger partial charge in [0.25, 0.3) is 0 Å². The molecule has 0 aliphatic carbocycles. The molecule has 4 heteroatoms. The molecule has 0 unspecified atom stereocenters. The summed E-state index contributed by atoms with van der Waals surface area (Å²) in [5.41, 5.74) is 2.75. The Hall–Kier alpha value is -1.98. The second-order valence-electron chi connectivity index (χ2n) is 7.15. The highest BCUT2D eigenvalue weighted by molar-refractivity contribution is 7.27. The fraction of sp³-hybridized carbons (Fsp3) is 0.0833. The van der Waals surface area contributed by atoms with Crippen molar-refractivity contribution in [2.24, 2.45) is 0 Å². The van der Waals surface area contributed by atoms with Crippen LogP contribution < -0.4 is 0 Å². The van der Waals surface area contributed by atoms with Crippen molar-refractivity contribution < 1.29 is 0 Å². The van der Waals surface area contributed by atoms with Crippen LogP contribution in [0.5, 0.6) is 0 Å². The van der Waals surface area contributed by atoms with Crippen LogP contribution >= 0.6 is 45.3 Å². The first kappa shape index (κ1) is 16.9. The fourth-order valence-corrected chi connectivity index (χ4v) is 8.47. The van der Waals surface area contributed by atoms with Crippen LogP contribution in [0.4, 0.5) is 0 Å². The van der Waals surface area contributed by atoms with Gasteiger partial charge < -0.3 is 0 Å². The minimum absolute atomic E-state index is 1.35. The van der Waals surface area contributed by atoms with E-state index >= 15 is 0 Å². The average Bonchev–Trinajstić information content (AvgIpc) is 3.45. The number of thiophene rings is 4. The van der Waals surface area contributed by atoms with Gasteiger partial charge >= 0.3 is 0 Å². The van der Waals surface area contributed by atoms with Crippen LogP contribution in [-0.4, -0.2) is 0 Å². The van der Waals surface area contributed by atoms with Crippen molar-refractivity contribution in [1.29, 1.82) is 0 Å². The Bertz CT molecular complexity index is 1370. The molecule has 0 aliphatic rings. The Labute approximate surface area is 179 Å². The van der Waals surface area contributed by atoms with Crippen LogP contribution in [0.25, 0.3) is 50.5 Å². The van der Waals surface area contributed by atoms with Gasteiger partial charge in [-0.3, -0.25) is 0 Å². The predicted octanol–water partition coefficient (Wildman–Crippen LogP) is 9.34. The molecule has 0 saturated carbocycles. The SMILES string of the molecule is Cc1ccsc1-c1cc2ccc3c(ccc4cc(-c5sccc5C)sc43)c2s1. The van der Waals surface area contributed by atoms with Crippen molar-refractivity contribution in [2.45, 2.75) is 13.8 Å². The van der Waals surface area contributed by atoms with Crippen LogP contribution in [0.2, 0.25) is 0 Å². The first-order valence-electron chi connectivity index (χ1n) is 9.17. The summed E-state index contributed by atoms with van der Waals surface area (Å²) < 4.78 is 2.81. The molecule has 0 N–H and O–H groups in total. The molecule has 0 aliphatic heterocycles. The summed E-state index contributed by atoms with van der Waals surface area (Å²) >= 11 is 7.55. The van der Waals surface area contributed by atoms with Crippen molar-refractivity contribution in [2.75, 3.05) is 0 Å². The lowest BCUT2D eigenvalue weighted by Gasteiger charge is -2.01. The maximum absolute atomic E-state index is 2.36. The van der Waals surface area contributed by atoms with E-state index in [0.717, 1.165) is 0 Å². The number of rotatable bonds is 2. The molecule has 6 aromatic rings. The molecular weight excluding hydrogens is 417 g/mol. The number of benzene rings is 2. The zero-order valence-corrected chi connectivity index (χ0v) is 18.7. The van der Waals surface area contributed by atoms with Gasteiger partial charge in [0.1, 0.15) is 0 Å². The predicted molar refractivity (Wildman–Crippen MR) is 131 cm³/mol. The van der Waals surface area contributed by atoms with Crippen LogP contribution in [0.3, 0.4) is 0 Å². The molecule has 0 nitrogen and oxygen atoms in total. The summed E-state index contributed by atoms with van der Waals surface area (Å²) in [5.74, 6) is 0. The Morgan fingerprint density at radius 3 is 1.43 bits per heavy atom. The van der Waals surface area contributed by atoms with Crippen molar-refractivity contribution >= 4 is 76.3 Å². The highest BCUT2D eigenvalue weighted by atomic mass is 32.1. The van der Waals surface area contributed by atoms with Gasteiger partial charge in [0.05, 0.1) is 0 Å². The molecule has 0 saturated heterocycles. The maximum Gasteiger partial charge on any atom is 0.0472 e. The smallest absolute Gasteiger partial charge is 0.0472 e. The summed E-state index contributed by atoms with van der Waals surface area (Å²) in [4.78, 5) is 5.58. The first-order valence-corrected chi connectivity index (χ1v) is 12.6. The fourth-order valence-electron chi connectivity index (χ4n) is 3.87. The van der Waals surface area contributed by atoms with Crippen molar-refractivity contribution in [3.63, 3.8) is 0 Å². The largest absolute Gasteiger partial charge is 0.143 e. The topological polar surface area (TPSA) is 0 Å². The van der Waals surface area contributed by atoms with Gasteiger partial charge in [0, 0.05) is 39.7 Å². The Kier molecular flexibility index (Phi) is 3.78. The quantitative estimate of drug-likeness (QED) is 0.256. The van der Waals surface area contributed by atoms with E-state index in [1.165, 1.54) is 61.6 Å². The summed E-state index contributed by atoms with van der Waals surface area (Å²) in [6.07, 6.45) is 0. The lowest BCUT2D eigenvalue weighted by atomic mass is 10.1. The van der Waals surface area contributed by atoms with Crippen molar-refractivity contribution in [3.8, 4) is 19.5 Å². The normalized spacial score (nSPS) is 11.9. The van der Waals surface area contributed by atoms with Gasteiger partial charge in [0.15, 0.2) is 0 Å². The zero-order valence-electron chi connectivity index (χ0n) is 15.4. The van der Waals surface area contributed by atoms with Gasteiger partial charge in [-0.25, -0.2) is 0 Å². The van der Waals surface area contributed by atoms with E-state index in [2.05, 4.69) is 73.1 Å². The zero-order chi connectivity index (χ0) is 18.8. The molecule has 4 aromatic heterocycles. The third-order valence-electron chi connectivity index (χ3n) is 5.33. The lowest BCUT2D eigenvalue weighted by Crippen LogP contribution is -1.73. The monoisotopic (exact) mass is 432 g/mol. The van der Waals surface area contributed by atoms with E-state index < -0.39 is 0 Å². The van der Waals surface area contributed by atoms with Crippen LogP contribution in [0, 0.1) is 13.8 Å². The molecule has 6 rings (SSSR count). The second-order valence-corrected chi connectivity index (χ2v) is 11.1. The Morgan fingerprint density at radius 1 is 0.571 bits per heavy atom. The number of fused-ring (bicyclic) bond motifs is 5. The molecule has 28 heavy (non-hydrogen) atoms. The molecule has 0 radical (unpaired) electrons. The molecule has 0 fully saturated rings. The maximum atomic E-state index is 2.36.